The van der Waals surface area contributed by atoms with Gasteiger partial charge in [0.2, 0.25) is 15.7 Å². The lowest BCUT2D eigenvalue weighted by Gasteiger charge is -2.09. The molecule has 1 amide bonds. The second-order valence-corrected chi connectivity index (χ2v) is 9.38. The number of carbonyl (C=O) groups is 1. The molecule has 4 aromatic rings. The first-order valence-electron chi connectivity index (χ1n) is 8.92. The van der Waals surface area contributed by atoms with Crippen LogP contribution in [0.3, 0.4) is 0 Å². The van der Waals surface area contributed by atoms with Crippen LogP contribution in [0, 0.1) is 0 Å². The predicted molar refractivity (Wildman–Crippen MR) is 114 cm³/mol. The van der Waals surface area contributed by atoms with Gasteiger partial charge in [-0.1, -0.05) is 6.07 Å². The van der Waals surface area contributed by atoms with Crippen molar-refractivity contribution in [3.05, 3.63) is 75.0 Å². The average Bonchev–Trinajstić information content (AvgIpc) is 3.27. The number of rotatable bonds is 6. The molecule has 0 aliphatic rings. The van der Waals surface area contributed by atoms with E-state index >= 15 is 0 Å². The fourth-order valence-corrected chi connectivity index (χ4v) is 5.63. The molecule has 0 atom stereocenters. The van der Waals surface area contributed by atoms with Crippen LogP contribution in [0.15, 0.2) is 68.8 Å². The van der Waals surface area contributed by atoms with Gasteiger partial charge in [-0.2, -0.15) is 5.10 Å². The average molecular weight is 457 g/mol. The van der Waals surface area contributed by atoms with E-state index in [9.17, 15) is 18.0 Å². The normalized spacial score (nSPS) is 11.5. The number of methoxy groups -OCH3 is 1. The summed E-state index contributed by atoms with van der Waals surface area (Å²) in [6, 6.07) is 8.93. The number of amides is 1. The lowest BCUT2D eigenvalue weighted by Crippen LogP contribution is -2.23. The van der Waals surface area contributed by atoms with Crippen LogP contribution in [0.25, 0.3) is 10.8 Å². The minimum atomic E-state index is -3.99. The summed E-state index contributed by atoms with van der Waals surface area (Å²) >= 11 is 0.958. The molecule has 0 bridgehead atoms. The fourth-order valence-electron chi connectivity index (χ4n) is 3.06. The van der Waals surface area contributed by atoms with Gasteiger partial charge < -0.3 is 10.5 Å². The number of hydrogen-bond donors (Lipinski definition) is 1. The Morgan fingerprint density at radius 1 is 1.19 bits per heavy atom. The second-order valence-electron chi connectivity index (χ2n) is 6.55. The lowest BCUT2D eigenvalue weighted by molar-refractivity contribution is 0.100. The largest absolute Gasteiger partial charge is 0.481 e. The second kappa shape index (κ2) is 7.93. The van der Waals surface area contributed by atoms with Crippen LogP contribution < -0.4 is 16.0 Å². The first-order valence-corrected chi connectivity index (χ1v) is 11.3. The number of primary amides is 1. The Hall–Kier alpha value is -3.57. The van der Waals surface area contributed by atoms with E-state index in [-0.39, 0.29) is 26.8 Å². The number of fused-ring (bicyclic) bond motifs is 1. The van der Waals surface area contributed by atoms with Gasteiger partial charge in [-0.15, -0.1) is 11.3 Å². The Kier molecular flexibility index (Phi) is 5.29. The quantitative estimate of drug-likeness (QED) is 0.468. The van der Waals surface area contributed by atoms with Crippen LogP contribution >= 0.6 is 11.3 Å². The first kappa shape index (κ1) is 20.7. The predicted octanol–water partition coefficient (Wildman–Crippen LogP) is 1.84. The summed E-state index contributed by atoms with van der Waals surface area (Å²) in [6.07, 6.45) is 3.01. The van der Waals surface area contributed by atoms with Crippen molar-refractivity contribution < 1.29 is 17.9 Å². The maximum absolute atomic E-state index is 13.0. The highest BCUT2D eigenvalue weighted by atomic mass is 32.2. The first-order chi connectivity index (χ1) is 14.8. The van der Waals surface area contributed by atoms with Crippen molar-refractivity contribution in [1.29, 1.82) is 0 Å². The molecule has 0 fully saturated rings. The standard InChI is InChI=1S/C20H16N4O5S2/c1-29-17-5-2-12(9-22-17)11-24-20(26)15-4-3-14(8-13(15)10-23-24)31(27,28)16-6-7-30-18(16)19(21)25/h2-10H,11H2,1H3,(H2,21,25). The van der Waals surface area contributed by atoms with E-state index in [1.807, 2.05) is 0 Å². The van der Waals surface area contributed by atoms with Crippen molar-refractivity contribution >= 4 is 37.9 Å². The monoisotopic (exact) mass is 456 g/mol. The molecular weight excluding hydrogens is 440 g/mol. The van der Waals surface area contributed by atoms with Gasteiger partial charge in [-0.3, -0.25) is 9.59 Å². The minimum absolute atomic E-state index is 0.0401. The van der Waals surface area contributed by atoms with Crippen molar-refractivity contribution in [3.63, 3.8) is 0 Å². The van der Waals surface area contributed by atoms with Crippen molar-refractivity contribution in [2.75, 3.05) is 7.11 Å². The summed E-state index contributed by atoms with van der Waals surface area (Å²) in [5.41, 5.74) is 5.67. The molecule has 2 N–H and O–H groups in total. The van der Waals surface area contributed by atoms with Gasteiger partial charge in [0, 0.05) is 17.6 Å². The third-order valence-corrected chi connectivity index (χ3v) is 7.47. The van der Waals surface area contributed by atoms with Crippen LogP contribution in [0.4, 0.5) is 0 Å². The Bertz CT molecular complexity index is 1460. The number of sulfone groups is 1. The number of nitrogens with zero attached hydrogens (tertiary/aromatic N) is 3. The van der Waals surface area contributed by atoms with Gasteiger partial charge in [0.05, 0.1) is 35.0 Å². The number of carbonyl (C=O) groups excluding carboxylic acids is 1. The summed E-state index contributed by atoms with van der Waals surface area (Å²) in [4.78, 5) is 28.2. The zero-order chi connectivity index (χ0) is 22.2. The Morgan fingerprint density at radius 3 is 2.68 bits per heavy atom. The highest BCUT2D eigenvalue weighted by Gasteiger charge is 2.25. The number of nitrogens with two attached hydrogens (primary N) is 1. The van der Waals surface area contributed by atoms with E-state index < -0.39 is 15.7 Å². The third-order valence-electron chi connectivity index (χ3n) is 4.62. The summed E-state index contributed by atoms with van der Waals surface area (Å²) in [7, 11) is -2.48. The summed E-state index contributed by atoms with van der Waals surface area (Å²) < 4.78 is 32.3. The van der Waals surface area contributed by atoms with Gasteiger partial charge in [-0.25, -0.2) is 18.1 Å². The van der Waals surface area contributed by atoms with Gasteiger partial charge in [0.1, 0.15) is 4.88 Å². The molecule has 3 aromatic heterocycles. The molecule has 9 nitrogen and oxygen atoms in total. The molecule has 0 saturated heterocycles. The summed E-state index contributed by atoms with van der Waals surface area (Å²) in [6.45, 7) is 0.197. The van der Waals surface area contributed by atoms with E-state index in [4.69, 9.17) is 10.5 Å². The molecule has 4 rings (SSSR count). The van der Waals surface area contributed by atoms with Crippen molar-refractivity contribution in [2.24, 2.45) is 5.73 Å². The highest BCUT2D eigenvalue weighted by molar-refractivity contribution is 7.91. The molecule has 31 heavy (non-hydrogen) atoms. The van der Waals surface area contributed by atoms with E-state index in [1.165, 1.54) is 47.6 Å². The molecular formula is C20H16N4O5S2. The van der Waals surface area contributed by atoms with Crippen LogP contribution in [-0.4, -0.2) is 36.2 Å². The molecule has 1 aromatic carbocycles. The van der Waals surface area contributed by atoms with Crippen LogP contribution in [0.2, 0.25) is 0 Å². The summed E-state index contributed by atoms with van der Waals surface area (Å²) in [5, 5.41) is 6.32. The maximum atomic E-state index is 13.0. The van der Waals surface area contributed by atoms with Crippen LogP contribution in [0.5, 0.6) is 5.88 Å². The molecule has 0 radical (unpaired) electrons. The SMILES string of the molecule is COc1ccc(Cn2ncc3cc(S(=O)(=O)c4ccsc4C(N)=O)ccc3c2=O)cn1. The van der Waals surface area contributed by atoms with Gasteiger partial charge in [0.25, 0.3) is 11.5 Å². The Morgan fingerprint density at radius 2 is 2.00 bits per heavy atom. The lowest BCUT2D eigenvalue weighted by atomic mass is 10.2. The molecule has 11 heteroatoms. The fraction of sp³-hybridized carbons (Fsp3) is 0.100. The number of pyridine rings is 1. The van der Waals surface area contributed by atoms with Crippen LogP contribution in [-0.2, 0) is 16.4 Å². The number of ether oxygens (including phenoxy) is 1. The molecule has 0 unspecified atom stereocenters. The van der Waals surface area contributed by atoms with E-state index in [2.05, 4.69) is 10.1 Å². The zero-order valence-electron chi connectivity index (χ0n) is 16.2. The topological polar surface area (TPSA) is 134 Å². The number of aromatic nitrogens is 3. The van der Waals surface area contributed by atoms with Crippen molar-refractivity contribution in [1.82, 2.24) is 14.8 Å². The molecule has 158 valence electrons. The Labute approximate surface area is 180 Å². The molecule has 0 aliphatic heterocycles. The number of hydrogen-bond acceptors (Lipinski definition) is 8. The summed E-state index contributed by atoms with van der Waals surface area (Å²) in [5.74, 6) is -0.353. The smallest absolute Gasteiger partial charge is 0.274 e. The number of benzene rings is 1. The van der Waals surface area contributed by atoms with Crippen LogP contribution in [0.1, 0.15) is 15.2 Å². The van der Waals surface area contributed by atoms with E-state index in [1.54, 1.807) is 18.3 Å². The van der Waals surface area contributed by atoms with E-state index in [0.29, 0.717) is 16.7 Å². The molecule has 3 heterocycles. The van der Waals surface area contributed by atoms with Crippen molar-refractivity contribution in [2.45, 2.75) is 16.3 Å². The molecule has 0 spiro atoms. The number of thiophene rings is 1. The maximum Gasteiger partial charge on any atom is 0.274 e. The van der Waals surface area contributed by atoms with Gasteiger partial charge >= 0.3 is 0 Å². The molecule has 0 aliphatic carbocycles. The van der Waals surface area contributed by atoms with Crippen molar-refractivity contribution in [3.8, 4) is 5.88 Å². The minimum Gasteiger partial charge on any atom is -0.481 e. The third kappa shape index (κ3) is 3.80. The zero-order valence-corrected chi connectivity index (χ0v) is 17.8. The highest BCUT2D eigenvalue weighted by Crippen LogP contribution is 2.29. The Balaban J connectivity index is 1.72. The van der Waals surface area contributed by atoms with E-state index in [0.717, 1.165) is 16.9 Å². The van der Waals surface area contributed by atoms with Gasteiger partial charge in [-0.05, 0) is 35.2 Å². The van der Waals surface area contributed by atoms with Gasteiger partial charge in [0.15, 0.2) is 0 Å². The molecule has 0 saturated carbocycles.